The highest BCUT2D eigenvalue weighted by Crippen LogP contribution is 2.27. The van der Waals surface area contributed by atoms with Crippen LogP contribution in [0, 0.1) is 5.92 Å². The fourth-order valence-corrected chi connectivity index (χ4v) is 2.41. The van der Waals surface area contributed by atoms with Gasteiger partial charge in [-0.15, -0.1) is 11.3 Å². The van der Waals surface area contributed by atoms with Gasteiger partial charge in [-0.3, -0.25) is 4.79 Å². The number of carboxylic acid groups (broad SMARTS) is 1. The predicted octanol–water partition coefficient (Wildman–Crippen LogP) is 1.33. The van der Waals surface area contributed by atoms with Crippen molar-refractivity contribution in [2.75, 3.05) is 0 Å². The van der Waals surface area contributed by atoms with Gasteiger partial charge < -0.3 is 5.11 Å². The van der Waals surface area contributed by atoms with Gasteiger partial charge in [0.15, 0.2) is 0 Å². The minimum Gasteiger partial charge on any atom is -0.481 e. The summed E-state index contributed by atoms with van der Waals surface area (Å²) in [7, 11) is 0. The summed E-state index contributed by atoms with van der Waals surface area (Å²) in [4.78, 5) is 16.0. The largest absolute Gasteiger partial charge is 0.481 e. The van der Waals surface area contributed by atoms with Gasteiger partial charge in [-0.25, -0.2) is 4.98 Å². The number of aromatic nitrogens is 1. The van der Waals surface area contributed by atoms with E-state index in [9.17, 15) is 4.79 Å². The molecule has 1 atom stereocenters. The zero-order chi connectivity index (χ0) is 8.55. The average Bonchev–Trinajstić information content (AvgIpc) is 2.49. The Balaban J connectivity index is 2.20. The van der Waals surface area contributed by atoms with Crippen molar-refractivity contribution in [3.63, 3.8) is 0 Å². The fourth-order valence-electron chi connectivity index (χ4n) is 1.51. The van der Waals surface area contributed by atoms with Gasteiger partial charge in [0.25, 0.3) is 0 Å². The van der Waals surface area contributed by atoms with E-state index in [2.05, 4.69) is 4.98 Å². The van der Waals surface area contributed by atoms with Crippen molar-refractivity contribution >= 4 is 17.3 Å². The molecule has 0 aliphatic heterocycles. The monoisotopic (exact) mass is 183 g/mol. The summed E-state index contributed by atoms with van der Waals surface area (Å²) < 4.78 is 0. The van der Waals surface area contributed by atoms with Gasteiger partial charge in [-0.05, 0) is 19.3 Å². The Morgan fingerprint density at radius 3 is 3.33 bits per heavy atom. The lowest BCUT2D eigenvalue weighted by Gasteiger charge is -2.16. The van der Waals surface area contributed by atoms with Crippen LogP contribution >= 0.6 is 11.3 Å². The van der Waals surface area contributed by atoms with E-state index in [0.717, 1.165) is 23.4 Å². The molecule has 64 valence electrons. The molecule has 0 fully saturated rings. The third-order valence-electron chi connectivity index (χ3n) is 2.24. The summed E-state index contributed by atoms with van der Waals surface area (Å²) in [5, 5.41) is 8.79. The summed E-state index contributed by atoms with van der Waals surface area (Å²) in [6.07, 6.45) is 2.25. The molecule has 1 N–H and O–H groups in total. The fraction of sp³-hybridized carbons (Fsp3) is 0.500. The quantitative estimate of drug-likeness (QED) is 0.714. The Morgan fingerprint density at radius 2 is 2.58 bits per heavy atom. The molecule has 0 spiro atoms. The number of hydrogen-bond donors (Lipinski definition) is 1. The zero-order valence-corrected chi connectivity index (χ0v) is 7.30. The number of hydrogen-bond acceptors (Lipinski definition) is 3. The van der Waals surface area contributed by atoms with Crippen molar-refractivity contribution < 1.29 is 9.90 Å². The highest BCUT2D eigenvalue weighted by Gasteiger charge is 2.25. The second-order valence-electron chi connectivity index (χ2n) is 3.00. The van der Waals surface area contributed by atoms with E-state index in [0.29, 0.717) is 6.42 Å². The number of rotatable bonds is 1. The molecule has 0 radical (unpaired) electrons. The number of nitrogens with zero attached hydrogens (tertiary/aromatic N) is 1. The molecule has 1 aromatic heterocycles. The highest BCUT2D eigenvalue weighted by molar-refractivity contribution is 7.09. The molecule has 12 heavy (non-hydrogen) atoms. The molecule has 1 heterocycles. The lowest BCUT2D eigenvalue weighted by Crippen LogP contribution is -2.21. The first kappa shape index (κ1) is 7.73. The molecule has 0 saturated heterocycles. The Hall–Kier alpha value is -0.900. The Morgan fingerprint density at radius 1 is 1.75 bits per heavy atom. The lowest BCUT2D eigenvalue weighted by atomic mass is 9.91. The van der Waals surface area contributed by atoms with Crippen LogP contribution in [0.25, 0.3) is 0 Å². The lowest BCUT2D eigenvalue weighted by molar-refractivity contribution is -0.142. The van der Waals surface area contributed by atoms with Gasteiger partial charge >= 0.3 is 5.97 Å². The molecular weight excluding hydrogens is 174 g/mol. The maximum atomic E-state index is 10.7. The molecular formula is C8H9NO2S. The minimum absolute atomic E-state index is 0.182. The summed E-state index contributed by atoms with van der Waals surface area (Å²) >= 11 is 1.57. The van der Waals surface area contributed by atoms with E-state index >= 15 is 0 Å². The molecule has 0 aromatic carbocycles. The highest BCUT2D eigenvalue weighted by atomic mass is 32.1. The van der Waals surface area contributed by atoms with E-state index in [4.69, 9.17) is 5.11 Å². The third kappa shape index (κ3) is 1.22. The second kappa shape index (κ2) is 2.86. The van der Waals surface area contributed by atoms with Crippen LogP contribution in [0.15, 0.2) is 5.51 Å². The maximum Gasteiger partial charge on any atom is 0.306 e. The Labute approximate surface area is 74.1 Å². The summed E-state index contributed by atoms with van der Waals surface area (Å²) in [6.45, 7) is 0. The van der Waals surface area contributed by atoms with Gasteiger partial charge in [-0.2, -0.15) is 0 Å². The van der Waals surface area contributed by atoms with Crippen LogP contribution < -0.4 is 0 Å². The first-order chi connectivity index (χ1) is 5.77. The van der Waals surface area contributed by atoms with Crippen molar-refractivity contribution in [1.29, 1.82) is 0 Å². The van der Waals surface area contributed by atoms with E-state index in [1.807, 2.05) is 0 Å². The molecule has 2 rings (SSSR count). The van der Waals surface area contributed by atoms with Crippen molar-refractivity contribution in [3.8, 4) is 0 Å². The minimum atomic E-state index is -0.672. The standard InChI is InChI=1S/C8H9NO2S/c10-8(11)5-1-2-6-7(3-5)12-4-9-6/h4-5H,1-3H2,(H,10,11). The van der Waals surface area contributed by atoms with E-state index < -0.39 is 5.97 Å². The van der Waals surface area contributed by atoms with Crippen molar-refractivity contribution in [1.82, 2.24) is 4.98 Å². The van der Waals surface area contributed by atoms with Crippen LogP contribution in [-0.4, -0.2) is 16.1 Å². The Kier molecular flexibility index (Phi) is 1.84. The van der Waals surface area contributed by atoms with Crippen LogP contribution in [-0.2, 0) is 17.6 Å². The number of aryl methyl sites for hydroxylation is 1. The molecule has 0 saturated carbocycles. The first-order valence-corrected chi connectivity index (χ1v) is 4.79. The van der Waals surface area contributed by atoms with Crippen LogP contribution in [0.5, 0.6) is 0 Å². The normalized spacial score (nSPS) is 21.8. The molecule has 3 nitrogen and oxygen atoms in total. The molecule has 0 bridgehead atoms. The van der Waals surface area contributed by atoms with E-state index in [-0.39, 0.29) is 5.92 Å². The van der Waals surface area contributed by atoms with Crippen molar-refractivity contribution in [3.05, 3.63) is 16.1 Å². The second-order valence-corrected chi connectivity index (χ2v) is 3.94. The van der Waals surface area contributed by atoms with Crippen LogP contribution in [0.2, 0.25) is 0 Å². The molecule has 0 amide bonds. The summed E-state index contributed by atoms with van der Waals surface area (Å²) in [5.74, 6) is -0.855. The van der Waals surface area contributed by atoms with Crippen LogP contribution in [0.1, 0.15) is 17.0 Å². The zero-order valence-electron chi connectivity index (χ0n) is 6.49. The third-order valence-corrected chi connectivity index (χ3v) is 3.13. The average molecular weight is 183 g/mol. The number of fused-ring (bicyclic) bond motifs is 1. The number of aliphatic carboxylic acids is 1. The van der Waals surface area contributed by atoms with E-state index in [1.54, 1.807) is 16.8 Å². The summed E-state index contributed by atoms with van der Waals surface area (Å²) in [5.41, 5.74) is 2.91. The maximum absolute atomic E-state index is 10.7. The molecule has 1 aliphatic rings. The molecule has 1 aromatic rings. The number of carbonyl (C=O) groups is 1. The van der Waals surface area contributed by atoms with Crippen LogP contribution in [0.3, 0.4) is 0 Å². The smallest absolute Gasteiger partial charge is 0.306 e. The van der Waals surface area contributed by atoms with Gasteiger partial charge in [0, 0.05) is 4.88 Å². The predicted molar refractivity (Wildman–Crippen MR) is 45.3 cm³/mol. The van der Waals surface area contributed by atoms with Gasteiger partial charge in [0.05, 0.1) is 17.1 Å². The summed E-state index contributed by atoms with van der Waals surface area (Å²) in [6, 6.07) is 0. The number of carboxylic acids is 1. The van der Waals surface area contributed by atoms with Crippen LogP contribution in [0.4, 0.5) is 0 Å². The SMILES string of the molecule is O=C(O)C1CCc2ncsc2C1. The first-order valence-electron chi connectivity index (χ1n) is 3.91. The van der Waals surface area contributed by atoms with Crippen molar-refractivity contribution in [2.45, 2.75) is 19.3 Å². The van der Waals surface area contributed by atoms with Gasteiger partial charge in [0.2, 0.25) is 0 Å². The number of thiazole rings is 1. The molecule has 1 aliphatic carbocycles. The molecule has 1 unspecified atom stereocenters. The van der Waals surface area contributed by atoms with Gasteiger partial charge in [-0.1, -0.05) is 0 Å². The molecule has 4 heteroatoms. The van der Waals surface area contributed by atoms with E-state index in [1.165, 1.54) is 0 Å². The van der Waals surface area contributed by atoms with Gasteiger partial charge in [0.1, 0.15) is 0 Å². The topological polar surface area (TPSA) is 50.2 Å². The van der Waals surface area contributed by atoms with Crippen molar-refractivity contribution in [2.24, 2.45) is 5.92 Å². The Bertz CT molecular complexity index is 308.